The normalized spacial score (nSPS) is 45.2. The van der Waals surface area contributed by atoms with Crippen LogP contribution in [0.2, 0.25) is 0 Å². The summed E-state index contributed by atoms with van der Waals surface area (Å²) in [5, 5.41) is 4.16. The van der Waals surface area contributed by atoms with Crippen LogP contribution in [0.5, 0.6) is 0 Å². The molecule has 6 nitrogen and oxygen atoms in total. The third-order valence-corrected chi connectivity index (χ3v) is 4.89. The van der Waals surface area contributed by atoms with Crippen molar-refractivity contribution in [3.63, 3.8) is 0 Å². The van der Waals surface area contributed by atoms with Gasteiger partial charge >= 0.3 is 0 Å². The highest BCUT2D eigenvalue weighted by Crippen LogP contribution is 2.44. The first-order valence-corrected chi connectivity index (χ1v) is 7.00. The van der Waals surface area contributed by atoms with Crippen LogP contribution in [0.3, 0.4) is 0 Å². The number of fused-ring (bicyclic) bond motifs is 2. The number of hydrogen-bond acceptors (Lipinski definition) is 6. The Labute approximate surface area is 111 Å². The predicted molar refractivity (Wildman–Crippen MR) is 65.7 cm³/mol. The summed E-state index contributed by atoms with van der Waals surface area (Å²) in [5.74, 6) is 1.68. The maximum Gasteiger partial charge on any atom is 0.236 e. The molecule has 1 aromatic heterocycles. The molecule has 0 aromatic carbocycles. The number of nitrogens with two attached hydrogens (primary N) is 1. The average molecular weight is 265 g/mol. The summed E-state index contributed by atoms with van der Waals surface area (Å²) in [6.45, 7) is 3.12. The molecule has 0 aliphatic carbocycles. The van der Waals surface area contributed by atoms with E-state index < -0.39 is 0 Å². The molecule has 2 N–H and O–H groups in total. The molecule has 3 aliphatic rings. The molecule has 4 heterocycles. The van der Waals surface area contributed by atoms with Crippen LogP contribution in [-0.2, 0) is 14.9 Å². The molecule has 19 heavy (non-hydrogen) atoms. The van der Waals surface area contributed by atoms with E-state index in [2.05, 4.69) is 10.1 Å². The van der Waals surface area contributed by atoms with Crippen molar-refractivity contribution in [1.29, 1.82) is 0 Å². The van der Waals surface area contributed by atoms with Crippen molar-refractivity contribution < 1.29 is 14.0 Å². The highest BCUT2D eigenvalue weighted by atomic mass is 16.5. The zero-order valence-corrected chi connectivity index (χ0v) is 11.0. The Balaban J connectivity index is 1.60. The van der Waals surface area contributed by atoms with Crippen molar-refractivity contribution in [2.75, 3.05) is 13.2 Å². The second-order valence-corrected chi connectivity index (χ2v) is 6.21. The highest BCUT2D eigenvalue weighted by Gasteiger charge is 2.47. The second kappa shape index (κ2) is 4.01. The number of nitrogens with zero attached hydrogens (tertiary/aromatic N) is 2. The molecular weight excluding hydrogens is 246 g/mol. The summed E-state index contributed by atoms with van der Waals surface area (Å²) >= 11 is 0. The van der Waals surface area contributed by atoms with E-state index in [9.17, 15) is 0 Å². The van der Waals surface area contributed by atoms with Crippen LogP contribution >= 0.6 is 0 Å². The Morgan fingerprint density at radius 2 is 2.26 bits per heavy atom. The predicted octanol–water partition coefficient (Wildman–Crippen LogP) is 0.720. The van der Waals surface area contributed by atoms with Gasteiger partial charge in [-0.3, -0.25) is 0 Å². The number of aromatic nitrogens is 2. The van der Waals surface area contributed by atoms with E-state index in [0.29, 0.717) is 31.1 Å². The lowest BCUT2D eigenvalue weighted by molar-refractivity contribution is 0.0996. The Bertz CT molecular complexity index is 491. The van der Waals surface area contributed by atoms with Gasteiger partial charge in [-0.1, -0.05) is 5.16 Å². The molecule has 3 aliphatic heterocycles. The van der Waals surface area contributed by atoms with E-state index >= 15 is 0 Å². The Morgan fingerprint density at radius 1 is 1.37 bits per heavy atom. The van der Waals surface area contributed by atoms with Crippen molar-refractivity contribution in [2.45, 2.75) is 55.8 Å². The van der Waals surface area contributed by atoms with Gasteiger partial charge in [0.15, 0.2) is 5.82 Å². The Kier molecular flexibility index (Phi) is 2.49. The topological polar surface area (TPSA) is 83.4 Å². The lowest BCUT2D eigenvalue weighted by Crippen LogP contribution is -2.42. The fraction of sp³-hybridized carbons (Fsp3) is 0.846. The van der Waals surface area contributed by atoms with E-state index in [4.69, 9.17) is 19.7 Å². The molecule has 0 saturated carbocycles. The lowest BCUT2D eigenvalue weighted by Gasteiger charge is -2.21. The quantitative estimate of drug-likeness (QED) is 0.848. The van der Waals surface area contributed by atoms with Crippen LogP contribution in [0, 0.1) is 0 Å². The first-order valence-electron chi connectivity index (χ1n) is 7.00. The van der Waals surface area contributed by atoms with Crippen molar-refractivity contribution >= 4 is 0 Å². The van der Waals surface area contributed by atoms with Crippen LogP contribution in [-0.4, -0.2) is 41.6 Å². The van der Waals surface area contributed by atoms with Crippen molar-refractivity contribution in [3.05, 3.63) is 11.7 Å². The third-order valence-electron chi connectivity index (χ3n) is 4.89. The highest BCUT2D eigenvalue weighted by molar-refractivity contribution is 5.14. The zero-order valence-electron chi connectivity index (χ0n) is 11.0. The Hall–Kier alpha value is -0.980. The maximum absolute atomic E-state index is 6.09. The van der Waals surface area contributed by atoms with Gasteiger partial charge in [0, 0.05) is 6.04 Å². The summed E-state index contributed by atoms with van der Waals surface area (Å²) in [5.41, 5.74) is 5.73. The van der Waals surface area contributed by atoms with Crippen LogP contribution < -0.4 is 5.73 Å². The summed E-state index contributed by atoms with van der Waals surface area (Å²) in [6.07, 6.45) is 3.96. The van der Waals surface area contributed by atoms with Crippen molar-refractivity contribution in [2.24, 2.45) is 5.73 Å². The molecule has 5 unspecified atom stereocenters. The van der Waals surface area contributed by atoms with Crippen LogP contribution in [0.15, 0.2) is 4.52 Å². The molecule has 6 heteroatoms. The third kappa shape index (κ3) is 1.67. The van der Waals surface area contributed by atoms with Crippen molar-refractivity contribution in [1.82, 2.24) is 10.1 Å². The van der Waals surface area contributed by atoms with Gasteiger partial charge in [-0.2, -0.15) is 4.98 Å². The molecule has 5 atom stereocenters. The molecule has 104 valence electrons. The molecule has 3 fully saturated rings. The van der Waals surface area contributed by atoms with Gasteiger partial charge in [0.1, 0.15) is 0 Å². The summed E-state index contributed by atoms with van der Waals surface area (Å²) in [7, 11) is 0. The molecule has 2 bridgehead atoms. The second-order valence-electron chi connectivity index (χ2n) is 6.21. The van der Waals surface area contributed by atoms with Crippen molar-refractivity contribution in [3.8, 4) is 0 Å². The summed E-state index contributed by atoms with van der Waals surface area (Å²) in [4.78, 5) is 4.60. The standard InChI is InChI=1S/C13H19N3O3/c1-13(6-17-5-10(13)14)12-15-11(16-19-12)8-4-7-2-3-9(8)18-7/h7-10H,2-6,14H2,1H3. The molecular formula is C13H19N3O3. The summed E-state index contributed by atoms with van der Waals surface area (Å²) in [6, 6.07) is -0.0860. The average Bonchev–Trinajstić information content (AvgIpc) is 3.14. The van der Waals surface area contributed by atoms with Gasteiger partial charge in [0.2, 0.25) is 5.89 Å². The number of ether oxygens (including phenoxy) is 2. The van der Waals surface area contributed by atoms with E-state index in [1.165, 1.54) is 6.42 Å². The first-order chi connectivity index (χ1) is 9.17. The number of hydrogen-bond donors (Lipinski definition) is 1. The molecule has 1 aromatic rings. The Morgan fingerprint density at radius 3 is 2.89 bits per heavy atom. The van der Waals surface area contributed by atoms with Gasteiger partial charge in [-0.25, -0.2) is 0 Å². The van der Waals surface area contributed by atoms with Crippen LogP contribution in [0.4, 0.5) is 0 Å². The molecule has 0 radical (unpaired) electrons. The monoisotopic (exact) mass is 265 g/mol. The lowest BCUT2D eigenvalue weighted by atomic mass is 9.85. The van der Waals surface area contributed by atoms with Crippen LogP contribution in [0.25, 0.3) is 0 Å². The molecule has 0 spiro atoms. The van der Waals surface area contributed by atoms with Gasteiger partial charge in [0.25, 0.3) is 0 Å². The van der Waals surface area contributed by atoms with E-state index in [-0.39, 0.29) is 17.6 Å². The largest absolute Gasteiger partial charge is 0.379 e. The van der Waals surface area contributed by atoms with Gasteiger partial charge < -0.3 is 19.7 Å². The fourth-order valence-corrected chi connectivity index (χ4v) is 3.44. The maximum atomic E-state index is 6.09. The van der Waals surface area contributed by atoms with E-state index in [1.807, 2.05) is 6.92 Å². The minimum atomic E-state index is -0.357. The molecule has 0 amide bonds. The van der Waals surface area contributed by atoms with Crippen LogP contribution in [0.1, 0.15) is 43.8 Å². The van der Waals surface area contributed by atoms with Gasteiger partial charge in [-0.15, -0.1) is 0 Å². The number of rotatable bonds is 2. The molecule has 4 rings (SSSR count). The SMILES string of the molecule is CC1(c2nc(C3CC4CCC3O4)no2)COCC1N. The smallest absolute Gasteiger partial charge is 0.236 e. The van der Waals surface area contributed by atoms with E-state index in [1.54, 1.807) is 0 Å². The van der Waals surface area contributed by atoms with Gasteiger partial charge in [0.05, 0.1) is 36.8 Å². The van der Waals surface area contributed by atoms with Gasteiger partial charge in [-0.05, 0) is 26.2 Å². The minimum Gasteiger partial charge on any atom is -0.379 e. The zero-order chi connectivity index (χ0) is 13.0. The summed E-state index contributed by atoms with van der Waals surface area (Å²) < 4.78 is 16.7. The molecule has 3 saturated heterocycles. The fourth-order valence-electron chi connectivity index (χ4n) is 3.44. The van der Waals surface area contributed by atoms with E-state index in [0.717, 1.165) is 18.7 Å². The first kappa shape index (κ1) is 11.8. The minimum absolute atomic E-state index is 0.0860.